The number of rotatable bonds is 5. The van der Waals surface area contributed by atoms with Gasteiger partial charge in [0.1, 0.15) is 12.4 Å². The number of para-hydroxylation sites is 1. The molecule has 1 heterocycles. The predicted octanol–water partition coefficient (Wildman–Crippen LogP) is 6.28. The van der Waals surface area contributed by atoms with E-state index in [2.05, 4.69) is 76.9 Å². The van der Waals surface area contributed by atoms with Crippen LogP contribution >= 0.6 is 0 Å². The predicted molar refractivity (Wildman–Crippen MR) is 127 cm³/mol. The van der Waals surface area contributed by atoms with Crippen molar-refractivity contribution in [1.29, 1.82) is 0 Å². The van der Waals surface area contributed by atoms with Crippen LogP contribution in [0, 0.1) is 18.3 Å². The van der Waals surface area contributed by atoms with Crippen LogP contribution in [-0.2, 0) is 0 Å². The summed E-state index contributed by atoms with van der Waals surface area (Å²) in [4.78, 5) is 4.63. The molecule has 3 atom stereocenters. The Labute approximate surface area is 183 Å². The molecule has 5 rings (SSSR count). The first-order chi connectivity index (χ1) is 15.3. The molecule has 1 N–H and O–H groups in total. The fraction of sp³-hybridized carbons (Fsp3) is 0.179. The van der Waals surface area contributed by atoms with Crippen LogP contribution in [0.15, 0.2) is 89.9 Å². The second kappa shape index (κ2) is 8.53. The van der Waals surface area contributed by atoms with Gasteiger partial charge in [-0.2, -0.15) is 0 Å². The molecule has 2 aliphatic rings. The lowest BCUT2D eigenvalue weighted by molar-refractivity contribution is 0.370. The molecule has 1 aliphatic heterocycles. The van der Waals surface area contributed by atoms with Gasteiger partial charge in [0.25, 0.3) is 0 Å². The van der Waals surface area contributed by atoms with Crippen LogP contribution in [0.25, 0.3) is 0 Å². The summed E-state index contributed by atoms with van der Waals surface area (Å²) in [6.45, 7) is 0.277. The van der Waals surface area contributed by atoms with E-state index in [1.807, 2.05) is 30.5 Å². The topological polar surface area (TPSA) is 33.6 Å². The van der Waals surface area contributed by atoms with Crippen molar-refractivity contribution >= 4 is 17.6 Å². The molecule has 0 unspecified atom stereocenters. The van der Waals surface area contributed by atoms with Crippen molar-refractivity contribution in [2.45, 2.75) is 18.4 Å². The number of hydrogen-bond acceptors (Lipinski definition) is 3. The zero-order valence-electron chi connectivity index (χ0n) is 17.2. The standard InChI is InChI=1S/C28H24N2O/c1-2-18-31-23-16-10-20(11-17-23)19-29-22-14-12-21(13-15-22)28-26-8-5-7-24(26)25-6-3-4-9-27(25)30-28/h1,3-7,9-17,19,24,26,28,30H,8,18H2/t24-,26-,28-/m0/s1. The number of anilines is 1. The van der Waals surface area contributed by atoms with Crippen molar-refractivity contribution in [3.05, 3.63) is 102 Å². The Balaban J connectivity index is 1.30. The summed E-state index contributed by atoms with van der Waals surface area (Å²) in [6.07, 6.45) is 12.9. The molecule has 0 amide bonds. The van der Waals surface area contributed by atoms with Gasteiger partial charge in [-0.15, -0.1) is 6.42 Å². The average Bonchev–Trinajstić information content (AvgIpc) is 3.32. The number of hydrogen-bond donors (Lipinski definition) is 1. The number of ether oxygens (including phenoxy) is 1. The molecule has 0 bridgehead atoms. The van der Waals surface area contributed by atoms with Crippen molar-refractivity contribution in [1.82, 2.24) is 0 Å². The van der Waals surface area contributed by atoms with Crippen LogP contribution < -0.4 is 10.1 Å². The zero-order chi connectivity index (χ0) is 21.0. The molecule has 0 saturated carbocycles. The summed E-state index contributed by atoms with van der Waals surface area (Å²) >= 11 is 0. The van der Waals surface area contributed by atoms with Gasteiger partial charge in [0, 0.05) is 17.8 Å². The number of benzene rings is 3. The largest absolute Gasteiger partial charge is 0.481 e. The molecule has 0 fully saturated rings. The lowest BCUT2D eigenvalue weighted by atomic mass is 9.77. The maximum absolute atomic E-state index is 5.40. The molecule has 3 heteroatoms. The lowest BCUT2D eigenvalue weighted by Crippen LogP contribution is -2.28. The van der Waals surface area contributed by atoms with Crippen molar-refractivity contribution in [2.75, 3.05) is 11.9 Å². The summed E-state index contributed by atoms with van der Waals surface area (Å²) in [6, 6.07) is 25.3. The lowest BCUT2D eigenvalue weighted by Gasteiger charge is -2.37. The van der Waals surface area contributed by atoms with E-state index in [0.29, 0.717) is 17.9 Å². The maximum atomic E-state index is 5.40. The Morgan fingerprint density at radius 3 is 2.65 bits per heavy atom. The van der Waals surface area contributed by atoms with E-state index in [1.165, 1.54) is 16.8 Å². The number of aliphatic imine (C=N–C) groups is 1. The minimum atomic E-state index is 0.277. The van der Waals surface area contributed by atoms with Gasteiger partial charge in [-0.3, -0.25) is 4.99 Å². The molecular formula is C28H24N2O. The quantitative estimate of drug-likeness (QED) is 0.309. The number of terminal acetylenes is 1. The molecule has 0 saturated heterocycles. The summed E-state index contributed by atoms with van der Waals surface area (Å²) < 4.78 is 5.40. The number of nitrogens with zero attached hydrogens (tertiary/aromatic N) is 1. The van der Waals surface area contributed by atoms with Gasteiger partial charge in [0.15, 0.2) is 0 Å². The van der Waals surface area contributed by atoms with E-state index >= 15 is 0 Å². The zero-order valence-corrected chi connectivity index (χ0v) is 17.2. The first-order valence-corrected chi connectivity index (χ1v) is 10.6. The normalized spacial score (nSPS) is 21.2. The maximum Gasteiger partial charge on any atom is 0.148 e. The summed E-state index contributed by atoms with van der Waals surface area (Å²) in [5.74, 6) is 4.28. The highest BCUT2D eigenvalue weighted by atomic mass is 16.5. The molecule has 3 aromatic carbocycles. The Morgan fingerprint density at radius 2 is 1.84 bits per heavy atom. The second-order valence-electron chi connectivity index (χ2n) is 7.97. The molecule has 3 aromatic rings. The number of nitrogens with one attached hydrogen (secondary N) is 1. The molecule has 1 aliphatic carbocycles. The highest BCUT2D eigenvalue weighted by Crippen LogP contribution is 2.49. The van der Waals surface area contributed by atoms with Gasteiger partial charge in [-0.05, 0) is 71.5 Å². The van der Waals surface area contributed by atoms with Gasteiger partial charge >= 0.3 is 0 Å². The van der Waals surface area contributed by atoms with Crippen LogP contribution in [0.5, 0.6) is 5.75 Å². The highest BCUT2D eigenvalue weighted by Gasteiger charge is 2.37. The fourth-order valence-corrected chi connectivity index (χ4v) is 4.57. The highest BCUT2D eigenvalue weighted by molar-refractivity contribution is 5.82. The van der Waals surface area contributed by atoms with Gasteiger partial charge in [-0.1, -0.05) is 48.4 Å². The van der Waals surface area contributed by atoms with Crippen LogP contribution in [0.3, 0.4) is 0 Å². The molecule has 31 heavy (non-hydrogen) atoms. The van der Waals surface area contributed by atoms with Crippen LogP contribution in [0.1, 0.15) is 35.1 Å². The van der Waals surface area contributed by atoms with Crippen molar-refractivity contribution < 1.29 is 4.74 Å². The number of allylic oxidation sites excluding steroid dienone is 2. The Bertz CT molecular complexity index is 1150. The molecule has 0 aromatic heterocycles. The van der Waals surface area contributed by atoms with Crippen LogP contribution in [0.4, 0.5) is 11.4 Å². The minimum Gasteiger partial charge on any atom is -0.481 e. The van der Waals surface area contributed by atoms with E-state index in [-0.39, 0.29) is 6.61 Å². The molecule has 3 nitrogen and oxygen atoms in total. The molecule has 0 radical (unpaired) electrons. The minimum absolute atomic E-state index is 0.277. The Kier molecular flexibility index (Phi) is 5.29. The van der Waals surface area contributed by atoms with E-state index in [1.54, 1.807) is 0 Å². The molecule has 152 valence electrons. The van der Waals surface area contributed by atoms with Crippen molar-refractivity contribution in [3.8, 4) is 18.1 Å². The smallest absolute Gasteiger partial charge is 0.148 e. The summed E-state index contributed by atoms with van der Waals surface area (Å²) in [5.41, 5.74) is 5.92. The van der Waals surface area contributed by atoms with Crippen molar-refractivity contribution in [3.63, 3.8) is 0 Å². The average molecular weight is 405 g/mol. The Morgan fingerprint density at radius 1 is 1.03 bits per heavy atom. The first-order valence-electron chi connectivity index (χ1n) is 10.6. The van der Waals surface area contributed by atoms with E-state index in [4.69, 9.17) is 11.2 Å². The fourth-order valence-electron chi connectivity index (χ4n) is 4.57. The van der Waals surface area contributed by atoms with Gasteiger partial charge in [0.05, 0.1) is 11.7 Å². The third kappa shape index (κ3) is 3.98. The van der Waals surface area contributed by atoms with E-state index < -0.39 is 0 Å². The van der Waals surface area contributed by atoms with Gasteiger partial charge in [-0.25, -0.2) is 0 Å². The summed E-state index contributed by atoms with van der Waals surface area (Å²) in [7, 11) is 0. The monoisotopic (exact) mass is 404 g/mol. The SMILES string of the molecule is C#CCOc1ccc(C=Nc2ccc([C@@H]3Nc4ccccc4[C@@H]4C=CC[C@@H]43)cc2)cc1. The van der Waals surface area contributed by atoms with E-state index in [9.17, 15) is 0 Å². The molecular weight excluding hydrogens is 380 g/mol. The second-order valence-corrected chi connectivity index (χ2v) is 7.97. The van der Waals surface area contributed by atoms with Gasteiger partial charge < -0.3 is 10.1 Å². The third-order valence-electron chi connectivity index (χ3n) is 6.09. The first kappa shape index (κ1) is 19.2. The van der Waals surface area contributed by atoms with Crippen molar-refractivity contribution in [2.24, 2.45) is 10.9 Å². The van der Waals surface area contributed by atoms with Crippen LogP contribution in [-0.4, -0.2) is 12.8 Å². The summed E-state index contributed by atoms with van der Waals surface area (Å²) in [5, 5.41) is 3.78. The van der Waals surface area contributed by atoms with E-state index in [0.717, 1.165) is 23.4 Å². The third-order valence-corrected chi connectivity index (χ3v) is 6.09. The Hall–Kier alpha value is -3.77. The van der Waals surface area contributed by atoms with Crippen LogP contribution in [0.2, 0.25) is 0 Å². The molecule has 0 spiro atoms. The van der Waals surface area contributed by atoms with Gasteiger partial charge in [0.2, 0.25) is 0 Å². The number of fused-ring (bicyclic) bond motifs is 3.